The van der Waals surface area contributed by atoms with Crippen LogP contribution in [0.2, 0.25) is 0 Å². The van der Waals surface area contributed by atoms with Crippen molar-refractivity contribution in [3.05, 3.63) is 70.3 Å². The van der Waals surface area contributed by atoms with E-state index >= 15 is 0 Å². The van der Waals surface area contributed by atoms with Crippen molar-refractivity contribution in [3.63, 3.8) is 0 Å². The maximum absolute atomic E-state index is 12.8. The topological polar surface area (TPSA) is 104 Å². The molecule has 27 heavy (non-hydrogen) atoms. The van der Waals surface area contributed by atoms with Crippen molar-refractivity contribution < 1.29 is 4.21 Å². The fourth-order valence-electron chi connectivity index (χ4n) is 2.46. The van der Waals surface area contributed by atoms with Gasteiger partial charge in [-0.1, -0.05) is 18.7 Å². The Morgan fingerprint density at radius 2 is 2.15 bits per heavy atom. The van der Waals surface area contributed by atoms with Crippen molar-refractivity contribution in [2.45, 2.75) is 18.7 Å². The lowest BCUT2D eigenvalue weighted by molar-refractivity contribution is 0.679. The summed E-state index contributed by atoms with van der Waals surface area (Å²) in [5.74, 6) is 0.386. The standard InChI is InChI=1S/C19H21N5O2S/c1-6-15(11-20)8-7-13(2)18-14(3)23-24(19(18)25)17-10-9-16(12-22-17)27(5,26)21-4/h6-10,12,23H,1H2,2-5H3/b13-7+,15-8+. The van der Waals surface area contributed by atoms with Crippen LogP contribution in [0.15, 0.2) is 62.8 Å². The molecule has 0 saturated heterocycles. The maximum Gasteiger partial charge on any atom is 0.280 e. The first-order chi connectivity index (χ1) is 12.7. The van der Waals surface area contributed by atoms with E-state index in [2.05, 4.69) is 21.0 Å². The Hall–Kier alpha value is -3.18. The summed E-state index contributed by atoms with van der Waals surface area (Å²) in [4.78, 5) is 17.6. The highest BCUT2D eigenvalue weighted by Crippen LogP contribution is 2.16. The maximum atomic E-state index is 12.8. The minimum Gasteiger partial charge on any atom is -0.293 e. The van der Waals surface area contributed by atoms with Gasteiger partial charge in [0.15, 0.2) is 5.82 Å². The van der Waals surface area contributed by atoms with Crippen LogP contribution in [0.3, 0.4) is 0 Å². The van der Waals surface area contributed by atoms with E-state index in [1.165, 1.54) is 30.3 Å². The van der Waals surface area contributed by atoms with Gasteiger partial charge in [-0.15, -0.1) is 0 Å². The zero-order valence-electron chi connectivity index (χ0n) is 15.7. The van der Waals surface area contributed by atoms with Crippen molar-refractivity contribution in [3.8, 4) is 11.9 Å². The van der Waals surface area contributed by atoms with Crippen molar-refractivity contribution in [1.29, 1.82) is 5.26 Å². The first-order valence-electron chi connectivity index (χ1n) is 8.05. The van der Waals surface area contributed by atoms with E-state index < -0.39 is 9.73 Å². The van der Waals surface area contributed by atoms with Crippen LogP contribution in [0.25, 0.3) is 11.4 Å². The van der Waals surface area contributed by atoms with Gasteiger partial charge in [0.2, 0.25) is 0 Å². The monoisotopic (exact) mass is 383 g/mol. The van der Waals surface area contributed by atoms with Crippen LogP contribution in [-0.2, 0) is 9.73 Å². The van der Waals surface area contributed by atoms with Gasteiger partial charge in [0.1, 0.15) is 0 Å². The molecule has 0 fully saturated rings. The molecule has 0 amide bonds. The molecule has 140 valence electrons. The van der Waals surface area contributed by atoms with Crippen LogP contribution in [0.4, 0.5) is 0 Å². The van der Waals surface area contributed by atoms with Crippen LogP contribution in [0.1, 0.15) is 18.2 Å². The molecule has 0 spiro atoms. The largest absolute Gasteiger partial charge is 0.293 e. The molecule has 7 nitrogen and oxygen atoms in total. The molecule has 1 unspecified atom stereocenters. The number of H-pyrrole nitrogens is 1. The van der Waals surface area contributed by atoms with Gasteiger partial charge >= 0.3 is 0 Å². The fourth-order valence-corrected chi connectivity index (χ4v) is 3.24. The van der Waals surface area contributed by atoms with Gasteiger partial charge in [0.25, 0.3) is 5.56 Å². The van der Waals surface area contributed by atoms with E-state index in [0.29, 0.717) is 33.1 Å². The average molecular weight is 383 g/mol. The lowest BCUT2D eigenvalue weighted by Crippen LogP contribution is -2.18. The van der Waals surface area contributed by atoms with Gasteiger partial charge in [-0.2, -0.15) is 5.26 Å². The molecule has 0 aliphatic rings. The van der Waals surface area contributed by atoms with Crippen molar-refractivity contribution in [2.75, 3.05) is 13.3 Å². The minimum absolute atomic E-state index is 0.260. The third kappa shape index (κ3) is 4.15. The van der Waals surface area contributed by atoms with E-state index in [-0.39, 0.29) is 5.56 Å². The Morgan fingerprint density at radius 1 is 1.44 bits per heavy atom. The lowest BCUT2D eigenvalue weighted by atomic mass is 10.1. The van der Waals surface area contributed by atoms with Crippen molar-refractivity contribution in [2.24, 2.45) is 4.36 Å². The first-order valence-corrected chi connectivity index (χ1v) is 9.97. The molecule has 0 aliphatic heterocycles. The number of pyridine rings is 1. The zero-order valence-corrected chi connectivity index (χ0v) is 16.5. The van der Waals surface area contributed by atoms with E-state index in [1.54, 1.807) is 38.1 Å². The molecular formula is C19H21N5O2S. The highest BCUT2D eigenvalue weighted by molar-refractivity contribution is 7.93. The number of aromatic nitrogens is 3. The van der Waals surface area contributed by atoms with Gasteiger partial charge in [-0.25, -0.2) is 18.2 Å². The second-order valence-corrected chi connectivity index (χ2v) is 8.32. The molecule has 8 heteroatoms. The highest BCUT2D eigenvalue weighted by Gasteiger charge is 2.15. The SMILES string of the molecule is C=C/C(C#N)=C\C=C(/C)c1c(C)[nH]n(-c2ccc(S(C)(=O)=NC)cn2)c1=O. The summed E-state index contributed by atoms with van der Waals surface area (Å²) < 4.78 is 17.5. The Labute approximate surface area is 158 Å². The molecular weight excluding hydrogens is 362 g/mol. The average Bonchev–Trinajstić information content (AvgIpc) is 2.96. The number of rotatable bonds is 5. The summed E-state index contributed by atoms with van der Waals surface area (Å²) >= 11 is 0. The van der Waals surface area contributed by atoms with Gasteiger partial charge < -0.3 is 0 Å². The van der Waals surface area contributed by atoms with Gasteiger partial charge in [0.05, 0.1) is 31.8 Å². The molecule has 0 saturated carbocycles. The quantitative estimate of drug-likeness (QED) is 0.633. The van der Waals surface area contributed by atoms with Crippen LogP contribution >= 0.6 is 0 Å². The fraction of sp³-hybridized carbons (Fsp3) is 0.211. The van der Waals surface area contributed by atoms with Crippen LogP contribution in [0.5, 0.6) is 0 Å². The summed E-state index contributed by atoms with van der Waals surface area (Å²) in [7, 11) is -0.984. The second-order valence-electron chi connectivity index (χ2n) is 5.88. The van der Waals surface area contributed by atoms with Gasteiger partial charge in [-0.05, 0) is 37.6 Å². The van der Waals surface area contributed by atoms with Crippen LogP contribution in [0, 0.1) is 18.3 Å². The number of nitriles is 1. The molecule has 2 aromatic rings. The number of aromatic amines is 1. The Balaban J connectivity index is 2.50. The molecule has 1 atom stereocenters. The molecule has 2 heterocycles. The van der Waals surface area contributed by atoms with E-state index in [9.17, 15) is 9.00 Å². The summed E-state index contributed by atoms with van der Waals surface area (Å²) in [6.45, 7) is 7.15. The lowest BCUT2D eigenvalue weighted by Gasteiger charge is -2.04. The predicted octanol–water partition coefficient (Wildman–Crippen LogP) is 2.99. The number of nitrogens with zero attached hydrogens (tertiary/aromatic N) is 4. The summed E-state index contributed by atoms with van der Waals surface area (Å²) in [6, 6.07) is 5.27. The van der Waals surface area contributed by atoms with E-state index in [0.717, 1.165) is 0 Å². The predicted molar refractivity (Wildman–Crippen MR) is 107 cm³/mol. The van der Waals surface area contributed by atoms with Crippen molar-refractivity contribution in [1.82, 2.24) is 14.8 Å². The Bertz CT molecular complexity index is 1150. The number of hydrogen-bond donors (Lipinski definition) is 1. The first kappa shape index (κ1) is 20.1. The molecule has 1 N–H and O–H groups in total. The third-order valence-electron chi connectivity index (χ3n) is 4.06. The molecule has 2 aromatic heterocycles. The minimum atomic E-state index is -2.48. The number of hydrogen-bond acceptors (Lipinski definition) is 5. The molecule has 0 bridgehead atoms. The molecule has 2 rings (SSSR count). The van der Waals surface area contributed by atoms with Gasteiger partial charge in [-0.3, -0.25) is 9.89 Å². The summed E-state index contributed by atoms with van der Waals surface area (Å²) in [5, 5.41) is 11.9. The molecule has 0 aliphatic carbocycles. The summed E-state index contributed by atoms with van der Waals surface area (Å²) in [6.07, 6.45) is 7.76. The normalized spacial score (nSPS) is 14.3. The van der Waals surface area contributed by atoms with Crippen molar-refractivity contribution >= 4 is 15.3 Å². The molecule has 0 radical (unpaired) electrons. The van der Waals surface area contributed by atoms with E-state index in [4.69, 9.17) is 5.26 Å². The molecule has 0 aromatic carbocycles. The van der Waals surface area contributed by atoms with Crippen LogP contribution < -0.4 is 5.56 Å². The number of allylic oxidation sites excluding steroid dienone is 5. The summed E-state index contributed by atoms with van der Waals surface area (Å²) in [5.41, 5.74) is 2.03. The third-order valence-corrected chi connectivity index (χ3v) is 5.88. The Kier molecular flexibility index (Phi) is 5.98. The number of aryl methyl sites for hydroxylation is 1. The van der Waals surface area contributed by atoms with Gasteiger partial charge in [0, 0.05) is 25.2 Å². The zero-order chi connectivity index (χ0) is 20.2. The highest BCUT2D eigenvalue weighted by atomic mass is 32.2. The second kappa shape index (κ2) is 8.01. The van der Waals surface area contributed by atoms with E-state index in [1.807, 2.05) is 6.07 Å². The Morgan fingerprint density at radius 3 is 2.67 bits per heavy atom. The van der Waals surface area contributed by atoms with Crippen LogP contribution in [-0.4, -0.2) is 32.3 Å². The number of nitrogens with one attached hydrogen (secondary N) is 1. The smallest absolute Gasteiger partial charge is 0.280 e.